The monoisotopic (exact) mass is 329 g/mol. The van der Waals surface area contributed by atoms with Gasteiger partial charge in [0.1, 0.15) is 0 Å². The fourth-order valence-electron chi connectivity index (χ4n) is 1.91. The van der Waals surface area contributed by atoms with Gasteiger partial charge in [-0.2, -0.15) is 0 Å². The quantitative estimate of drug-likeness (QED) is 0.804. The SMILES string of the molecule is CC(C)(C)C(CCO)NC(=O)/C=C/c1cc(Cl)cc(Cl)c1. The Morgan fingerprint density at radius 1 is 1.29 bits per heavy atom. The first-order chi connectivity index (χ1) is 9.72. The summed E-state index contributed by atoms with van der Waals surface area (Å²) in [6.07, 6.45) is 3.62. The summed E-state index contributed by atoms with van der Waals surface area (Å²) in [5, 5.41) is 13.0. The number of hydrogen-bond acceptors (Lipinski definition) is 2. The van der Waals surface area contributed by atoms with Gasteiger partial charge in [-0.05, 0) is 41.7 Å². The minimum atomic E-state index is -0.209. The Bertz CT molecular complexity index is 501. The van der Waals surface area contributed by atoms with E-state index in [0.717, 1.165) is 5.56 Å². The van der Waals surface area contributed by atoms with Gasteiger partial charge in [0.25, 0.3) is 0 Å². The number of amides is 1. The molecule has 116 valence electrons. The molecule has 0 spiro atoms. The van der Waals surface area contributed by atoms with Crippen molar-refractivity contribution >= 4 is 35.2 Å². The molecule has 0 saturated heterocycles. The molecule has 1 atom stereocenters. The molecule has 0 aliphatic heterocycles. The molecule has 2 N–H and O–H groups in total. The zero-order valence-corrected chi connectivity index (χ0v) is 14.0. The number of carbonyl (C=O) groups is 1. The van der Waals surface area contributed by atoms with Crippen molar-refractivity contribution in [3.8, 4) is 0 Å². The lowest BCUT2D eigenvalue weighted by molar-refractivity contribution is -0.118. The van der Waals surface area contributed by atoms with Gasteiger partial charge in [-0.25, -0.2) is 0 Å². The Morgan fingerprint density at radius 2 is 1.86 bits per heavy atom. The van der Waals surface area contributed by atoms with E-state index in [1.165, 1.54) is 6.08 Å². The summed E-state index contributed by atoms with van der Waals surface area (Å²) in [4.78, 5) is 12.0. The number of aliphatic hydroxyl groups is 1. The van der Waals surface area contributed by atoms with E-state index in [1.54, 1.807) is 24.3 Å². The smallest absolute Gasteiger partial charge is 0.244 e. The topological polar surface area (TPSA) is 49.3 Å². The highest BCUT2D eigenvalue weighted by Gasteiger charge is 2.24. The molecular weight excluding hydrogens is 309 g/mol. The molecule has 1 aromatic rings. The first-order valence-corrected chi connectivity index (χ1v) is 7.53. The maximum Gasteiger partial charge on any atom is 0.244 e. The zero-order chi connectivity index (χ0) is 16.0. The van der Waals surface area contributed by atoms with Crippen LogP contribution in [0.25, 0.3) is 6.08 Å². The van der Waals surface area contributed by atoms with Gasteiger partial charge < -0.3 is 10.4 Å². The zero-order valence-electron chi connectivity index (χ0n) is 12.5. The van der Waals surface area contributed by atoms with Crippen molar-refractivity contribution in [2.24, 2.45) is 5.41 Å². The lowest BCUT2D eigenvalue weighted by Crippen LogP contribution is -2.43. The van der Waals surface area contributed by atoms with Gasteiger partial charge in [-0.1, -0.05) is 44.0 Å². The van der Waals surface area contributed by atoms with Gasteiger partial charge in [0.15, 0.2) is 0 Å². The second kappa shape index (κ2) is 7.83. The normalized spacial score (nSPS) is 13.4. The third-order valence-electron chi connectivity index (χ3n) is 3.09. The molecule has 0 aromatic heterocycles. The second-order valence-electron chi connectivity index (χ2n) is 5.98. The summed E-state index contributed by atoms with van der Waals surface area (Å²) in [5.74, 6) is -0.209. The Hall–Kier alpha value is -1.03. The molecule has 0 heterocycles. The Balaban J connectivity index is 2.73. The van der Waals surface area contributed by atoms with Crippen molar-refractivity contribution in [1.29, 1.82) is 0 Å². The molecule has 1 rings (SSSR count). The molecule has 1 amide bonds. The van der Waals surface area contributed by atoms with E-state index in [4.69, 9.17) is 28.3 Å². The van der Waals surface area contributed by atoms with Gasteiger partial charge in [0.2, 0.25) is 5.91 Å². The van der Waals surface area contributed by atoms with Crippen LogP contribution >= 0.6 is 23.2 Å². The van der Waals surface area contributed by atoms with Crippen LogP contribution in [0.15, 0.2) is 24.3 Å². The van der Waals surface area contributed by atoms with E-state index in [-0.39, 0.29) is 24.0 Å². The van der Waals surface area contributed by atoms with E-state index in [1.807, 2.05) is 20.8 Å². The van der Waals surface area contributed by atoms with E-state index in [0.29, 0.717) is 16.5 Å². The van der Waals surface area contributed by atoms with E-state index < -0.39 is 0 Å². The average molecular weight is 330 g/mol. The van der Waals surface area contributed by atoms with Crippen LogP contribution < -0.4 is 5.32 Å². The van der Waals surface area contributed by atoms with Gasteiger partial charge in [0, 0.05) is 28.8 Å². The molecule has 21 heavy (non-hydrogen) atoms. The summed E-state index contributed by atoms with van der Waals surface area (Å²) in [6.45, 7) is 6.10. The highest BCUT2D eigenvalue weighted by atomic mass is 35.5. The largest absolute Gasteiger partial charge is 0.396 e. The first kappa shape index (κ1) is 18.0. The maximum atomic E-state index is 12.0. The molecule has 5 heteroatoms. The molecule has 0 aliphatic carbocycles. The number of halogens is 2. The van der Waals surface area contributed by atoms with Crippen LogP contribution in [0, 0.1) is 5.41 Å². The fourth-order valence-corrected chi connectivity index (χ4v) is 2.46. The van der Waals surface area contributed by atoms with Gasteiger partial charge in [-0.3, -0.25) is 4.79 Å². The predicted octanol–water partition coefficient (Wildman–Crippen LogP) is 3.92. The van der Waals surface area contributed by atoms with Crippen molar-refractivity contribution in [3.63, 3.8) is 0 Å². The average Bonchev–Trinajstić information content (AvgIpc) is 2.33. The third kappa shape index (κ3) is 6.51. The van der Waals surface area contributed by atoms with Crippen LogP contribution in [0.3, 0.4) is 0 Å². The number of hydrogen-bond donors (Lipinski definition) is 2. The fraction of sp³-hybridized carbons (Fsp3) is 0.438. The number of benzene rings is 1. The predicted molar refractivity (Wildman–Crippen MR) is 88.6 cm³/mol. The summed E-state index contributed by atoms with van der Waals surface area (Å²) in [7, 11) is 0. The molecular formula is C16H21Cl2NO2. The van der Waals surface area contributed by atoms with Crippen LogP contribution in [-0.2, 0) is 4.79 Å². The summed E-state index contributed by atoms with van der Waals surface area (Å²) >= 11 is 11.8. The highest BCUT2D eigenvalue weighted by molar-refractivity contribution is 6.34. The Morgan fingerprint density at radius 3 is 2.33 bits per heavy atom. The molecule has 0 aliphatic rings. The van der Waals surface area contributed by atoms with Crippen molar-refractivity contribution in [2.45, 2.75) is 33.2 Å². The minimum absolute atomic E-state index is 0.0375. The van der Waals surface area contributed by atoms with Crippen molar-refractivity contribution in [1.82, 2.24) is 5.32 Å². The van der Waals surface area contributed by atoms with Crippen molar-refractivity contribution in [3.05, 3.63) is 39.9 Å². The lowest BCUT2D eigenvalue weighted by atomic mass is 9.85. The minimum Gasteiger partial charge on any atom is -0.396 e. The number of aliphatic hydroxyl groups excluding tert-OH is 1. The summed E-state index contributed by atoms with van der Waals surface area (Å²) < 4.78 is 0. The van der Waals surface area contributed by atoms with Crippen molar-refractivity contribution in [2.75, 3.05) is 6.61 Å². The van der Waals surface area contributed by atoms with E-state index in [2.05, 4.69) is 5.32 Å². The molecule has 0 bridgehead atoms. The van der Waals surface area contributed by atoms with E-state index in [9.17, 15) is 4.79 Å². The van der Waals surface area contributed by atoms with Crippen LogP contribution in [0.1, 0.15) is 32.8 Å². The van der Waals surface area contributed by atoms with E-state index >= 15 is 0 Å². The van der Waals surface area contributed by atoms with Gasteiger partial charge in [0.05, 0.1) is 0 Å². The molecule has 3 nitrogen and oxygen atoms in total. The molecule has 0 radical (unpaired) electrons. The molecule has 1 aromatic carbocycles. The highest BCUT2D eigenvalue weighted by Crippen LogP contribution is 2.22. The molecule has 0 saturated carbocycles. The second-order valence-corrected chi connectivity index (χ2v) is 6.85. The maximum absolute atomic E-state index is 12.0. The number of carbonyl (C=O) groups excluding carboxylic acids is 1. The van der Waals surface area contributed by atoms with Gasteiger partial charge in [-0.15, -0.1) is 0 Å². The Labute approximate surface area is 136 Å². The lowest BCUT2D eigenvalue weighted by Gasteiger charge is -2.30. The van der Waals surface area contributed by atoms with Crippen molar-refractivity contribution < 1.29 is 9.90 Å². The van der Waals surface area contributed by atoms with Gasteiger partial charge >= 0.3 is 0 Å². The van der Waals surface area contributed by atoms with Crippen LogP contribution in [-0.4, -0.2) is 23.7 Å². The van der Waals surface area contributed by atoms with Crippen LogP contribution in [0.5, 0.6) is 0 Å². The number of rotatable bonds is 5. The third-order valence-corrected chi connectivity index (χ3v) is 3.53. The molecule has 0 fully saturated rings. The van der Waals surface area contributed by atoms with Crippen LogP contribution in [0.2, 0.25) is 10.0 Å². The first-order valence-electron chi connectivity index (χ1n) is 6.78. The molecule has 1 unspecified atom stereocenters. The summed E-state index contributed by atoms with van der Waals surface area (Å²) in [6, 6.07) is 5.00. The summed E-state index contributed by atoms with van der Waals surface area (Å²) in [5.41, 5.74) is 0.642. The number of nitrogens with one attached hydrogen (secondary N) is 1. The Kier molecular flexibility index (Phi) is 6.72. The van der Waals surface area contributed by atoms with Crippen LogP contribution in [0.4, 0.5) is 0 Å². The standard InChI is InChI=1S/C16H21Cl2NO2/c1-16(2,3)14(6-7-20)19-15(21)5-4-11-8-12(17)10-13(18)9-11/h4-5,8-10,14,20H,6-7H2,1-3H3,(H,19,21)/b5-4+.